The van der Waals surface area contributed by atoms with Crippen molar-refractivity contribution in [1.29, 1.82) is 0 Å². The summed E-state index contributed by atoms with van der Waals surface area (Å²) in [5.41, 5.74) is 3.12. The largest absolute Gasteiger partial charge is 0.380 e. The molecule has 6 nitrogen and oxygen atoms in total. The van der Waals surface area contributed by atoms with Crippen LogP contribution in [0.4, 0.5) is 0 Å². The molecule has 0 aliphatic rings. The van der Waals surface area contributed by atoms with Crippen molar-refractivity contribution in [2.75, 3.05) is 26.8 Å². The predicted molar refractivity (Wildman–Crippen MR) is 100 cm³/mol. The normalized spacial score (nSPS) is 11.3. The Morgan fingerprint density at radius 1 is 1.36 bits per heavy atom. The fourth-order valence-electron chi connectivity index (χ4n) is 2.06. The van der Waals surface area contributed by atoms with Crippen LogP contribution in [0.3, 0.4) is 0 Å². The second-order valence-electron chi connectivity index (χ2n) is 4.68. The summed E-state index contributed by atoms with van der Waals surface area (Å²) < 4.78 is 7.37. The van der Waals surface area contributed by atoms with Gasteiger partial charge in [-0.25, -0.2) is 4.98 Å². The number of aryl methyl sites for hydroxylation is 1. The standard InChI is InChI=1S/C15H23N5O.HI/c1-4-21-9-8-17-15(16-3)18-10-13-11-20-12(2)6-5-7-14(20)19-13;/h5-7,11H,4,8-10H2,1-3H3,(H2,16,17,18);1H. The third-order valence-corrected chi connectivity index (χ3v) is 3.15. The van der Waals surface area contributed by atoms with Crippen molar-refractivity contribution in [3.63, 3.8) is 0 Å². The number of hydrogen-bond acceptors (Lipinski definition) is 3. The number of imidazole rings is 1. The van der Waals surface area contributed by atoms with Gasteiger partial charge in [-0.1, -0.05) is 6.07 Å². The smallest absolute Gasteiger partial charge is 0.191 e. The van der Waals surface area contributed by atoms with E-state index in [2.05, 4.69) is 38.0 Å². The zero-order valence-electron chi connectivity index (χ0n) is 13.3. The van der Waals surface area contributed by atoms with Crippen molar-refractivity contribution in [1.82, 2.24) is 20.0 Å². The van der Waals surface area contributed by atoms with Crippen molar-refractivity contribution in [2.24, 2.45) is 4.99 Å². The van der Waals surface area contributed by atoms with E-state index in [-0.39, 0.29) is 24.0 Å². The van der Waals surface area contributed by atoms with E-state index < -0.39 is 0 Å². The maximum absolute atomic E-state index is 5.28. The maximum atomic E-state index is 5.28. The number of rotatable bonds is 6. The van der Waals surface area contributed by atoms with Gasteiger partial charge < -0.3 is 19.8 Å². The molecule has 0 spiro atoms. The molecule has 0 fully saturated rings. The summed E-state index contributed by atoms with van der Waals surface area (Å²) in [5, 5.41) is 6.45. The summed E-state index contributed by atoms with van der Waals surface area (Å²) >= 11 is 0. The molecule has 2 heterocycles. The molecule has 2 N–H and O–H groups in total. The molecule has 2 rings (SSSR count). The quantitative estimate of drug-likeness (QED) is 0.327. The van der Waals surface area contributed by atoms with Crippen LogP contribution in [-0.2, 0) is 11.3 Å². The molecule has 2 aromatic rings. The van der Waals surface area contributed by atoms with Gasteiger partial charge >= 0.3 is 0 Å². The summed E-state index contributed by atoms with van der Waals surface area (Å²) in [6, 6.07) is 6.09. The lowest BCUT2D eigenvalue weighted by atomic mass is 10.4. The topological polar surface area (TPSA) is 63.0 Å². The molecule has 22 heavy (non-hydrogen) atoms. The van der Waals surface area contributed by atoms with Gasteiger partial charge in [0.25, 0.3) is 0 Å². The molecule has 0 saturated carbocycles. The average molecular weight is 417 g/mol. The highest BCUT2D eigenvalue weighted by Gasteiger charge is 2.04. The van der Waals surface area contributed by atoms with Crippen LogP contribution >= 0.6 is 24.0 Å². The molecule has 0 aromatic carbocycles. The monoisotopic (exact) mass is 417 g/mol. The lowest BCUT2D eigenvalue weighted by Crippen LogP contribution is -2.38. The summed E-state index contributed by atoms with van der Waals surface area (Å²) in [6.45, 7) is 6.82. The van der Waals surface area contributed by atoms with E-state index in [9.17, 15) is 0 Å². The number of fused-ring (bicyclic) bond motifs is 1. The number of guanidine groups is 1. The molecule has 0 bridgehead atoms. The number of aliphatic imine (C=N–C) groups is 1. The number of pyridine rings is 1. The van der Waals surface area contributed by atoms with Crippen molar-refractivity contribution in [3.8, 4) is 0 Å². The van der Waals surface area contributed by atoms with Crippen molar-refractivity contribution >= 4 is 35.6 Å². The van der Waals surface area contributed by atoms with E-state index in [1.807, 2.05) is 25.3 Å². The first-order chi connectivity index (χ1) is 10.2. The molecule has 0 aliphatic heterocycles. The highest BCUT2D eigenvalue weighted by atomic mass is 127. The van der Waals surface area contributed by atoms with Gasteiger partial charge in [-0.3, -0.25) is 4.99 Å². The minimum atomic E-state index is 0. The molecule has 0 amide bonds. The van der Waals surface area contributed by atoms with Gasteiger partial charge in [0.15, 0.2) is 5.96 Å². The fourth-order valence-corrected chi connectivity index (χ4v) is 2.06. The molecule has 0 radical (unpaired) electrons. The summed E-state index contributed by atoms with van der Waals surface area (Å²) in [7, 11) is 1.75. The van der Waals surface area contributed by atoms with E-state index in [0.29, 0.717) is 13.2 Å². The summed E-state index contributed by atoms with van der Waals surface area (Å²) in [4.78, 5) is 8.76. The van der Waals surface area contributed by atoms with Gasteiger partial charge in [-0.15, -0.1) is 24.0 Å². The van der Waals surface area contributed by atoms with E-state index in [0.717, 1.165) is 30.5 Å². The van der Waals surface area contributed by atoms with E-state index in [1.165, 1.54) is 5.69 Å². The van der Waals surface area contributed by atoms with Crippen LogP contribution in [0.25, 0.3) is 5.65 Å². The molecule has 0 unspecified atom stereocenters. The zero-order chi connectivity index (χ0) is 15.1. The Morgan fingerprint density at radius 3 is 2.86 bits per heavy atom. The van der Waals surface area contributed by atoms with Gasteiger partial charge in [0, 0.05) is 32.1 Å². The maximum Gasteiger partial charge on any atom is 0.191 e. The first-order valence-corrected chi connectivity index (χ1v) is 7.20. The fraction of sp³-hybridized carbons (Fsp3) is 0.467. The van der Waals surface area contributed by atoms with E-state index >= 15 is 0 Å². The minimum absolute atomic E-state index is 0. The Labute approximate surface area is 148 Å². The molecular weight excluding hydrogens is 393 g/mol. The Hall–Kier alpha value is -1.35. The molecular formula is C15H24IN5O. The average Bonchev–Trinajstić information content (AvgIpc) is 2.91. The minimum Gasteiger partial charge on any atom is -0.380 e. The third kappa shape index (κ3) is 5.13. The molecule has 0 atom stereocenters. The second-order valence-corrected chi connectivity index (χ2v) is 4.68. The molecule has 2 aromatic heterocycles. The third-order valence-electron chi connectivity index (χ3n) is 3.15. The Morgan fingerprint density at radius 2 is 2.18 bits per heavy atom. The van der Waals surface area contributed by atoms with Gasteiger partial charge in [0.2, 0.25) is 0 Å². The van der Waals surface area contributed by atoms with E-state index in [1.54, 1.807) is 7.05 Å². The SMILES string of the molecule is CCOCCNC(=NC)NCc1cn2c(C)cccc2n1.I. The number of nitrogens with zero attached hydrogens (tertiary/aromatic N) is 3. The lowest BCUT2D eigenvalue weighted by Gasteiger charge is -2.10. The highest BCUT2D eigenvalue weighted by molar-refractivity contribution is 14.0. The highest BCUT2D eigenvalue weighted by Crippen LogP contribution is 2.07. The van der Waals surface area contributed by atoms with Gasteiger partial charge in [-0.05, 0) is 26.0 Å². The predicted octanol–water partition coefficient (Wildman–Crippen LogP) is 1.96. The second kappa shape index (κ2) is 9.62. The number of nitrogens with one attached hydrogen (secondary N) is 2. The van der Waals surface area contributed by atoms with Gasteiger partial charge in [0.05, 0.1) is 18.8 Å². The van der Waals surface area contributed by atoms with Crippen LogP contribution in [0, 0.1) is 6.92 Å². The Bertz CT molecular complexity index is 611. The van der Waals surface area contributed by atoms with Crippen molar-refractivity contribution in [3.05, 3.63) is 35.8 Å². The number of hydrogen-bond donors (Lipinski definition) is 2. The van der Waals surface area contributed by atoms with Crippen molar-refractivity contribution < 1.29 is 4.74 Å². The summed E-state index contributed by atoms with van der Waals surface area (Å²) in [6.07, 6.45) is 2.05. The number of aromatic nitrogens is 2. The van der Waals surface area contributed by atoms with Crippen molar-refractivity contribution in [2.45, 2.75) is 20.4 Å². The van der Waals surface area contributed by atoms with Crippen LogP contribution in [0.2, 0.25) is 0 Å². The van der Waals surface area contributed by atoms with Crippen LogP contribution in [-0.4, -0.2) is 42.2 Å². The molecule has 7 heteroatoms. The number of halogens is 1. The number of ether oxygens (including phenoxy) is 1. The molecule has 0 aliphatic carbocycles. The van der Waals surface area contributed by atoms with Crippen LogP contribution in [0.5, 0.6) is 0 Å². The van der Waals surface area contributed by atoms with E-state index in [4.69, 9.17) is 4.74 Å². The Balaban J connectivity index is 0.00000242. The van der Waals surface area contributed by atoms with Crippen LogP contribution in [0.1, 0.15) is 18.3 Å². The van der Waals surface area contributed by atoms with Gasteiger partial charge in [0.1, 0.15) is 5.65 Å². The van der Waals surface area contributed by atoms with Crippen LogP contribution < -0.4 is 10.6 Å². The first-order valence-electron chi connectivity index (χ1n) is 7.20. The first kappa shape index (κ1) is 18.7. The Kier molecular flexibility index (Phi) is 8.18. The summed E-state index contributed by atoms with van der Waals surface area (Å²) in [5.74, 6) is 0.753. The lowest BCUT2D eigenvalue weighted by molar-refractivity contribution is 0.152. The van der Waals surface area contributed by atoms with Gasteiger partial charge in [-0.2, -0.15) is 0 Å². The molecule has 0 saturated heterocycles. The zero-order valence-corrected chi connectivity index (χ0v) is 15.6. The molecule has 122 valence electrons. The van der Waals surface area contributed by atoms with Crippen LogP contribution in [0.15, 0.2) is 29.4 Å².